The number of hydrogen-bond acceptors (Lipinski definition) is 5. The smallest absolute Gasteiger partial charge is 0.237 e. The molecule has 1 heterocycles. The minimum Gasteiger partial charge on any atom is -0.325 e. The first-order valence-corrected chi connectivity index (χ1v) is 9.23. The van der Waals surface area contributed by atoms with Crippen LogP contribution >= 0.6 is 11.8 Å². The summed E-state index contributed by atoms with van der Waals surface area (Å²) in [5, 5.41) is 15.2. The van der Waals surface area contributed by atoms with Gasteiger partial charge in [0.05, 0.1) is 10.9 Å². The third-order valence-electron chi connectivity index (χ3n) is 4.03. The van der Waals surface area contributed by atoms with E-state index in [0.717, 1.165) is 28.1 Å². The van der Waals surface area contributed by atoms with E-state index >= 15 is 0 Å². The van der Waals surface area contributed by atoms with Crippen LogP contribution in [0.5, 0.6) is 0 Å². The van der Waals surface area contributed by atoms with E-state index in [9.17, 15) is 4.79 Å². The Morgan fingerprint density at radius 2 is 1.81 bits per heavy atom. The minimum absolute atomic E-state index is 0.0864. The second-order valence-corrected chi connectivity index (χ2v) is 7.54. The molecule has 0 unspecified atom stereocenters. The maximum atomic E-state index is 12.5. The Morgan fingerprint density at radius 3 is 2.50 bits per heavy atom. The summed E-state index contributed by atoms with van der Waals surface area (Å²) in [4.78, 5) is 12.5. The SMILES string of the molecule is Cc1cccc(NC(=O)[C@@H](C)Sc2nnnn2-c2c(C)cccc2C)c1. The van der Waals surface area contributed by atoms with Gasteiger partial charge in [0, 0.05) is 5.69 Å². The summed E-state index contributed by atoms with van der Waals surface area (Å²) in [6.07, 6.45) is 0. The van der Waals surface area contributed by atoms with Crippen molar-refractivity contribution >= 4 is 23.4 Å². The predicted octanol–water partition coefficient (Wildman–Crippen LogP) is 3.71. The first-order valence-electron chi connectivity index (χ1n) is 8.35. The van der Waals surface area contributed by atoms with E-state index in [1.165, 1.54) is 11.8 Å². The van der Waals surface area contributed by atoms with E-state index in [0.29, 0.717) is 5.16 Å². The van der Waals surface area contributed by atoms with Crippen LogP contribution in [0.25, 0.3) is 5.69 Å². The molecule has 0 bridgehead atoms. The Hall–Kier alpha value is -2.67. The van der Waals surface area contributed by atoms with Crippen LogP contribution in [-0.2, 0) is 4.79 Å². The molecule has 1 N–H and O–H groups in total. The Morgan fingerprint density at radius 1 is 1.12 bits per heavy atom. The number of tetrazole rings is 1. The topological polar surface area (TPSA) is 72.7 Å². The van der Waals surface area contributed by atoms with Gasteiger partial charge in [0.1, 0.15) is 0 Å². The number of carbonyl (C=O) groups is 1. The fourth-order valence-corrected chi connectivity index (χ4v) is 3.50. The molecule has 0 aliphatic rings. The third kappa shape index (κ3) is 3.94. The lowest BCUT2D eigenvalue weighted by Crippen LogP contribution is -2.23. The number of amides is 1. The quantitative estimate of drug-likeness (QED) is 0.696. The summed E-state index contributed by atoms with van der Waals surface area (Å²) < 4.78 is 1.70. The molecule has 0 aliphatic heterocycles. The van der Waals surface area contributed by atoms with Crippen molar-refractivity contribution in [3.63, 3.8) is 0 Å². The van der Waals surface area contributed by atoms with E-state index in [-0.39, 0.29) is 11.2 Å². The van der Waals surface area contributed by atoms with Crippen LogP contribution in [0.1, 0.15) is 23.6 Å². The summed E-state index contributed by atoms with van der Waals surface area (Å²) in [5.41, 5.74) is 5.00. The van der Waals surface area contributed by atoms with Crippen molar-refractivity contribution in [1.82, 2.24) is 20.2 Å². The molecule has 134 valence electrons. The number of anilines is 1. The lowest BCUT2D eigenvalue weighted by Gasteiger charge is -2.14. The molecule has 0 saturated heterocycles. The average Bonchev–Trinajstić information content (AvgIpc) is 3.02. The Bertz CT molecular complexity index is 917. The van der Waals surface area contributed by atoms with Crippen molar-refractivity contribution in [2.45, 2.75) is 38.1 Å². The van der Waals surface area contributed by atoms with Gasteiger partial charge in [-0.25, -0.2) is 0 Å². The van der Waals surface area contributed by atoms with Gasteiger partial charge in [-0.3, -0.25) is 4.79 Å². The van der Waals surface area contributed by atoms with Crippen LogP contribution in [0.2, 0.25) is 0 Å². The number of aromatic nitrogens is 4. The number of para-hydroxylation sites is 1. The van der Waals surface area contributed by atoms with Gasteiger partial charge < -0.3 is 5.32 Å². The van der Waals surface area contributed by atoms with Crippen LogP contribution < -0.4 is 5.32 Å². The highest BCUT2D eigenvalue weighted by Crippen LogP contribution is 2.26. The van der Waals surface area contributed by atoms with Gasteiger partial charge in [0.2, 0.25) is 11.1 Å². The molecule has 1 atom stereocenters. The standard InChI is InChI=1S/C19H21N5OS/c1-12-7-5-10-16(11-12)20-18(25)15(4)26-19-21-22-23-24(19)17-13(2)8-6-9-14(17)3/h5-11,15H,1-4H3,(H,20,25)/t15-/m1/s1. The zero-order chi connectivity index (χ0) is 18.7. The minimum atomic E-state index is -0.343. The summed E-state index contributed by atoms with van der Waals surface area (Å²) in [7, 11) is 0. The highest BCUT2D eigenvalue weighted by atomic mass is 32.2. The molecule has 26 heavy (non-hydrogen) atoms. The summed E-state index contributed by atoms with van der Waals surface area (Å²) >= 11 is 1.34. The van der Waals surface area contributed by atoms with Gasteiger partial charge in [-0.1, -0.05) is 42.1 Å². The average molecular weight is 367 g/mol. The molecule has 6 nitrogen and oxygen atoms in total. The molecule has 7 heteroatoms. The number of thioether (sulfide) groups is 1. The van der Waals surface area contributed by atoms with Crippen molar-refractivity contribution < 1.29 is 4.79 Å². The molecule has 0 spiro atoms. The number of carbonyl (C=O) groups excluding carboxylic acids is 1. The lowest BCUT2D eigenvalue weighted by molar-refractivity contribution is -0.115. The lowest BCUT2D eigenvalue weighted by atomic mass is 10.1. The molecule has 1 aromatic heterocycles. The van der Waals surface area contributed by atoms with Gasteiger partial charge in [0.25, 0.3) is 0 Å². The molecule has 3 aromatic rings. The fraction of sp³-hybridized carbons (Fsp3) is 0.263. The van der Waals surface area contributed by atoms with Gasteiger partial charge in [-0.2, -0.15) is 4.68 Å². The molecule has 0 fully saturated rings. The first-order chi connectivity index (χ1) is 12.5. The molecular formula is C19H21N5OS. The molecule has 3 rings (SSSR count). The number of benzene rings is 2. The number of nitrogens with one attached hydrogen (secondary N) is 1. The van der Waals surface area contributed by atoms with E-state index in [1.54, 1.807) is 4.68 Å². The van der Waals surface area contributed by atoms with Crippen LogP contribution in [0.15, 0.2) is 47.6 Å². The second kappa shape index (κ2) is 7.70. The van der Waals surface area contributed by atoms with E-state index < -0.39 is 0 Å². The van der Waals surface area contributed by atoms with Crippen molar-refractivity contribution in [3.05, 3.63) is 59.2 Å². The number of nitrogens with zero attached hydrogens (tertiary/aromatic N) is 4. The maximum Gasteiger partial charge on any atom is 0.237 e. The Kier molecular flexibility index (Phi) is 5.37. The summed E-state index contributed by atoms with van der Waals surface area (Å²) in [6, 6.07) is 13.8. The highest BCUT2D eigenvalue weighted by Gasteiger charge is 2.20. The van der Waals surface area contributed by atoms with Crippen molar-refractivity contribution in [3.8, 4) is 5.69 Å². The molecule has 2 aromatic carbocycles. The molecule has 1 amide bonds. The molecule has 0 saturated carbocycles. The van der Waals surface area contributed by atoms with Crippen LogP contribution in [0.3, 0.4) is 0 Å². The zero-order valence-corrected chi connectivity index (χ0v) is 16.0. The van der Waals surface area contributed by atoms with E-state index in [4.69, 9.17) is 0 Å². The number of aryl methyl sites for hydroxylation is 3. The highest BCUT2D eigenvalue weighted by molar-refractivity contribution is 8.00. The second-order valence-electron chi connectivity index (χ2n) is 6.23. The predicted molar refractivity (Wildman–Crippen MR) is 104 cm³/mol. The Labute approximate surface area is 157 Å². The van der Waals surface area contributed by atoms with Crippen molar-refractivity contribution in [1.29, 1.82) is 0 Å². The van der Waals surface area contributed by atoms with Gasteiger partial charge >= 0.3 is 0 Å². The Balaban J connectivity index is 1.77. The van der Waals surface area contributed by atoms with Crippen LogP contribution in [0.4, 0.5) is 5.69 Å². The van der Waals surface area contributed by atoms with E-state index in [2.05, 4.69) is 20.8 Å². The largest absolute Gasteiger partial charge is 0.325 e. The zero-order valence-electron chi connectivity index (χ0n) is 15.2. The fourth-order valence-electron chi connectivity index (χ4n) is 2.71. The normalized spacial score (nSPS) is 12.0. The number of hydrogen-bond donors (Lipinski definition) is 1. The molecule has 0 aliphatic carbocycles. The maximum absolute atomic E-state index is 12.5. The van der Waals surface area contributed by atoms with Gasteiger partial charge in [0.15, 0.2) is 0 Å². The monoisotopic (exact) mass is 367 g/mol. The van der Waals surface area contributed by atoms with Crippen molar-refractivity contribution in [2.75, 3.05) is 5.32 Å². The van der Waals surface area contributed by atoms with Crippen LogP contribution in [0, 0.1) is 20.8 Å². The van der Waals surface area contributed by atoms with E-state index in [1.807, 2.05) is 70.2 Å². The first kappa shape index (κ1) is 18.1. The summed E-state index contributed by atoms with van der Waals surface area (Å²) in [6.45, 7) is 7.88. The summed E-state index contributed by atoms with van der Waals surface area (Å²) in [5.74, 6) is -0.0864. The molecular weight excluding hydrogens is 346 g/mol. The van der Waals surface area contributed by atoms with Gasteiger partial charge in [-0.05, 0) is 66.9 Å². The number of rotatable bonds is 5. The van der Waals surface area contributed by atoms with Crippen LogP contribution in [-0.4, -0.2) is 31.4 Å². The third-order valence-corrected chi connectivity index (χ3v) is 5.06. The molecule has 0 radical (unpaired) electrons. The van der Waals surface area contributed by atoms with Gasteiger partial charge in [-0.15, -0.1) is 5.10 Å². The van der Waals surface area contributed by atoms with Crippen molar-refractivity contribution in [2.24, 2.45) is 0 Å².